The number of halogens is 1. The number of nitrogens with one attached hydrogen (secondary N) is 1. The molecule has 0 aromatic heterocycles. The molecule has 0 radical (unpaired) electrons. The average Bonchev–Trinajstić information content (AvgIpc) is 2.94. The molecule has 2 heterocycles. The van der Waals surface area contributed by atoms with Crippen LogP contribution in [0.5, 0.6) is 0 Å². The number of hydrogen-bond acceptors (Lipinski definition) is 4. The third-order valence-electron chi connectivity index (χ3n) is 6.66. The predicted octanol–water partition coefficient (Wildman–Crippen LogP) is 6.37. The molecule has 1 atom stereocenters. The fourth-order valence-corrected chi connectivity index (χ4v) is 10.4. The molecule has 2 aliphatic rings. The molecule has 8 heteroatoms. The number of nitrogens with two attached hydrogens (primary N) is 1. The van der Waals surface area contributed by atoms with E-state index in [0.29, 0.717) is 23.5 Å². The Balaban J connectivity index is 0.000000298. The van der Waals surface area contributed by atoms with E-state index in [-0.39, 0.29) is 4.90 Å². The first-order chi connectivity index (χ1) is 18.5. The summed E-state index contributed by atoms with van der Waals surface area (Å²) >= 11 is -3.18. The van der Waals surface area contributed by atoms with Gasteiger partial charge in [0.25, 0.3) is 0 Å². The van der Waals surface area contributed by atoms with Gasteiger partial charge in [0.15, 0.2) is 0 Å². The summed E-state index contributed by atoms with van der Waals surface area (Å²) in [4.78, 5) is 12.6. The Hall–Kier alpha value is -2.83. The third kappa shape index (κ3) is 6.50. The molecule has 0 saturated carbocycles. The van der Waals surface area contributed by atoms with Crippen molar-refractivity contribution in [1.29, 1.82) is 0 Å². The average molecular weight is 649 g/mol. The van der Waals surface area contributed by atoms with Gasteiger partial charge in [-0.3, -0.25) is 0 Å². The summed E-state index contributed by atoms with van der Waals surface area (Å²) in [5, 5.41) is 0. The van der Waals surface area contributed by atoms with E-state index >= 15 is 0 Å². The maximum atomic E-state index is 13.2. The van der Waals surface area contributed by atoms with Gasteiger partial charge in [0.2, 0.25) is 0 Å². The van der Waals surface area contributed by atoms with Crippen LogP contribution >= 0.6 is 9.69 Å². The van der Waals surface area contributed by atoms with E-state index in [1.807, 2.05) is 60.7 Å². The Bertz CT molecular complexity index is 1550. The van der Waals surface area contributed by atoms with Gasteiger partial charge in [0, 0.05) is 0 Å². The SMILES string of the molecule is Cc1ccc(C(C)C)cc1.NC(Cc1ccccc1)(c1ccccc1)c1cc2ccc1[S](=O)(=O)[Ru]([Cl])[NH]C2=O. The quantitative estimate of drug-likeness (QED) is 0.246. The van der Waals surface area contributed by atoms with E-state index in [1.165, 1.54) is 23.3 Å². The molecule has 3 N–H and O–H groups in total. The molecule has 4 aromatic carbocycles. The van der Waals surface area contributed by atoms with Crippen molar-refractivity contribution in [3.8, 4) is 0 Å². The van der Waals surface area contributed by atoms with Crippen LogP contribution < -0.4 is 9.79 Å². The van der Waals surface area contributed by atoms with Gasteiger partial charge in [-0.25, -0.2) is 0 Å². The summed E-state index contributed by atoms with van der Waals surface area (Å²) in [5.41, 5.74) is 11.0. The molecule has 2 bridgehead atoms. The normalized spacial score (nSPS) is 16.4. The number of hydrogen-bond donors (Lipinski definition) is 2. The summed E-state index contributed by atoms with van der Waals surface area (Å²) < 4.78 is 28.8. The topological polar surface area (TPSA) is 89.3 Å². The first-order valence-corrected chi connectivity index (χ1v) is 19.1. The number of aryl methyl sites for hydroxylation is 1. The number of benzene rings is 4. The van der Waals surface area contributed by atoms with Crippen molar-refractivity contribution in [2.75, 3.05) is 0 Å². The fourth-order valence-electron chi connectivity index (χ4n) is 4.42. The predicted molar refractivity (Wildman–Crippen MR) is 154 cm³/mol. The molecule has 2 aliphatic heterocycles. The minimum absolute atomic E-state index is 0.0809. The molecule has 6 rings (SSSR count). The molecule has 4 aromatic rings. The summed E-state index contributed by atoms with van der Waals surface area (Å²) in [6.45, 7) is 6.54. The summed E-state index contributed by atoms with van der Waals surface area (Å²) in [7, 11) is 2.29. The van der Waals surface area contributed by atoms with Crippen molar-refractivity contribution in [1.82, 2.24) is 4.06 Å². The first-order valence-electron chi connectivity index (χ1n) is 12.5. The van der Waals surface area contributed by atoms with Crippen LogP contribution in [0.25, 0.3) is 0 Å². The Morgan fingerprint density at radius 2 is 1.49 bits per heavy atom. The second-order valence-corrected chi connectivity index (χ2v) is 19.5. The van der Waals surface area contributed by atoms with Gasteiger partial charge in [-0.2, -0.15) is 0 Å². The van der Waals surface area contributed by atoms with Crippen LogP contribution in [0.1, 0.15) is 57.9 Å². The van der Waals surface area contributed by atoms with Gasteiger partial charge < -0.3 is 0 Å². The van der Waals surface area contributed by atoms with Crippen molar-refractivity contribution in [3.63, 3.8) is 0 Å². The van der Waals surface area contributed by atoms with Crippen LogP contribution in [0, 0.1) is 6.92 Å². The van der Waals surface area contributed by atoms with Crippen LogP contribution in [0.4, 0.5) is 0 Å². The Morgan fingerprint density at radius 3 is 2.08 bits per heavy atom. The van der Waals surface area contributed by atoms with Crippen LogP contribution in [0.15, 0.2) is 108 Å². The van der Waals surface area contributed by atoms with E-state index in [0.717, 1.165) is 11.1 Å². The molecule has 0 aliphatic carbocycles. The zero-order valence-corrected chi connectivity index (χ0v) is 25.4. The number of rotatable bonds is 5. The summed E-state index contributed by atoms with van der Waals surface area (Å²) in [6, 6.07) is 32.2. The van der Waals surface area contributed by atoms with Crippen molar-refractivity contribution < 1.29 is 27.2 Å². The second-order valence-electron chi connectivity index (χ2n) is 9.81. The van der Waals surface area contributed by atoms with E-state index in [2.05, 4.69) is 49.1 Å². The molecule has 205 valence electrons. The van der Waals surface area contributed by atoms with E-state index < -0.39 is 33.3 Å². The third-order valence-corrected chi connectivity index (χ3v) is 15.6. The van der Waals surface area contributed by atoms with Crippen molar-refractivity contribution in [3.05, 3.63) is 137 Å². The zero-order valence-electron chi connectivity index (χ0n) is 22.0. The monoisotopic (exact) mass is 649 g/mol. The fraction of sp³-hybridized carbons (Fsp3) is 0.194. The van der Waals surface area contributed by atoms with Crippen molar-refractivity contribution in [2.45, 2.75) is 43.5 Å². The van der Waals surface area contributed by atoms with Crippen molar-refractivity contribution >= 4 is 23.4 Å². The van der Waals surface area contributed by atoms with Gasteiger partial charge in [-0.15, -0.1) is 0 Å². The molecule has 1 unspecified atom stereocenters. The van der Waals surface area contributed by atoms with Gasteiger partial charge in [-0.1, -0.05) is 43.7 Å². The van der Waals surface area contributed by atoms with Crippen LogP contribution in [0.3, 0.4) is 0 Å². The summed E-state index contributed by atoms with van der Waals surface area (Å²) in [5.74, 6) is 0.158. The first kappa shape index (κ1) is 29.2. The van der Waals surface area contributed by atoms with E-state index in [1.54, 1.807) is 6.07 Å². The Morgan fingerprint density at radius 1 is 0.897 bits per heavy atom. The summed E-state index contributed by atoms with van der Waals surface area (Å²) in [6.07, 6.45) is 0.362. The van der Waals surface area contributed by atoms with Crippen LogP contribution in [0.2, 0.25) is 0 Å². The standard InChI is InChI=1S/C21H19N2O3S.C10H14.ClH.Ru/c22-20(24)16-11-12-19(27(25)26)18(13-16)21(23,17-9-5-2-6-10-17)14-15-7-3-1-4-8-15;1-8(2)10-6-4-9(3)5-7-10;;/h1-13H,14,23H2,(H2,22,24);4-8H,1-3H3;1H;/q;;;+2/p-2. The molecular weight excluding hydrogens is 617 g/mol. The number of carbonyl (C=O) groups excluding carboxylic acids is 1. The second kappa shape index (κ2) is 12.1. The zero-order chi connectivity index (χ0) is 28.2. The molecule has 0 saturated heterocycles. The Kier molecular flexibility index (Phi) is 9.08. The van der Waals surface area contributed by atoms with Gasteiger partial charge in [-0.05, 0) is 18.4 Å². The molecule has 0 fully saturated rings. The molecular formula is C31H32ClN2O3RuS. The molecule has 0 spiro atoms. The molecule has 39 heavy (non-hydrogen) atoms. The maximum absolute atomic E-state index is 13.2. The Labute approximate surface area is 239 Å². The number of carbonyl (C=O) groups is 1. The van der Waals surface area contributed by atoms with Gasteiger partial charge >= 0.3 is 178 Å². The molecule has 5 nitrogen and oxygen atoms in total. The number of fused-ring (bicyclic) bond motifs is 5. The molecule has 1 amide bonds. The van der Waals surface area contributed by atoms with Crippen LogP contribution in [-0.2, 0) is 33.8 Å². The number of amides is 1. The van der Waals surface area contributed by atoms with Gasteiger partial charge in [0.1, 0.15) is 0 Å². The van der Waals surface area contributed by atoms with Crippen molar-refractivity contribution in [2.24, 2.45) is 5.73 Å². The van der Waals surface area contributed by atoms with Crippen LogP contribution in [-0.4, -0.2) is 14.3 Å². The van der Waals surface area contributed by atoms with E-state index in [4.69, 9.17) is 15.4 Å². The minimum atomic E-state index is -3.89. The van der Waals surface area contributed by atoms with E-state index in [9.17, 15) is 13.2 Å². The van der Waals surface area contributed by atoms with Gasteiger partial charge in [0.05, 0.1) is 0 Å².